The molecule has 1 unspecified atom stereocenters. The minimum absolute atomic E-state index is 0.165. The fourth-order valence-corrected chi connectivity index (χ4v) is 3.47. The Bertz CT molecular complexity index is 979. The molecule has 1 aliphatic heterocycles. The number of urea groups is 1. The number of amides is 3. The maximum Gasteiger partial charge on any atom is 0.328 e. The number of anilines is 1. The fourth-order valence-electron chi connectivity index (χ4n) is 3.47. The Hall–Kier alpha value is -3.19. The standard InChI is InChI=1S/C23H26N2O5/c1-23(2,3)17-13-15(25-11-10-18(26)24-22(25)29)12-16(21(17)30-4)20(28)19(27)14-8-6-5-7-9-14/h5-9,12-13,19,27H,10-11H2,1-4H3,(H,24,26,29). The largest absolute Gasteiger partial charge is 0.496 e. The van der Waals surface area contributed by atoms with E-state index in [1.807, 2.05) is 20.8 Å². The van der Waals surface area contributed by atoms with E-state index in [2.05, 4.69) is 5.32 Å². The number of ether oxygens (including phenoxy) is 1. The van der Waals surface area contributed by atoms with Crippen LogP contribution in [0.3, 0.4) is 0 Å². The Kier molecular flexibility index (Phi) is 5.94. The third-order valence-corrected chi connectivity index (χ3v) is 5.08. The van der Waals surface area contributed by atoms with Crippen LogP contribution >= 0.6 is 0 Å². The molecular formula is C23H26N2O5. The SMILES string of the molecule is COc1c(C(=O)C(O)c2ccccc2)cc(N2CCC(=O)NC2=O)cc1C(C)(C)C. The molecule has 2 aromatic carbocycles. The molecule has 0 radical (unpaired) electrons. The van der Waals surface area contributed by atoms with E-state index in [-0.39, 0.29) is 24.4 Å². The lowest BCUT2D eigenvalue weighted by atomic mass is 9.83. The predicted octanol–water partition coefficient (Wildman–Crippen LogP) is 3.36. The van der Waals surface area contributed by atoms with Crippen LogP contribution in [-0.2, 0) is 10.2 Å². The highest BCUT2D eigenvalue weighted by molar-refractivity contribution is 6.08. The van der Waals surface area contributed by atoms with Crippen LogP contribution in [0, 0.1) is 0 Å². The lowest BCUT2D eigenvalue weighted by molar-refractivity contribution is -0.120. The minimum atomic E-state index is -1.38. The van der Waals surface area contributed by atoms with E-state index in [1.165, 1.54) is 18.1 Å². The van der Waals surface area contributed by atoms with E-state index < -0.39 is 23.3 Å². The molecule has 3 rings (SSSR count). The first-order chi connectivity index (χ1) is 14.1. The summed E-state index contributed by atoms with van der Waals surface area (Å²) in [5.41, 5.74) is 1.43. The summed E-state index contributed by atoms with van der Waals surface area (Å²) >= 11 is 0. The van der Waals surface area contributed by atoms with Crippen LogP contribution in [0.5, 0.6) is 5.75 Å². The molecule has 158 valence electrons. The van der Waals surface area contributed by atoms with E-state index >= 15 is 0 Å². The molecule has 1 fully saturated rings. The quantitative estimate of drug-likeness (QED) is 0.737. The third-order valence-electron chi connectivity index (χ3n) is 5.08. The van der Waals surface area contributed by atoms with Gasteiger partial charge in [-0.05, 0) is 23.1 Å². The average Bonchev–Trinajstić information content (AvgIpc) is 2.71. The number of carbonyl (C=O) groups is 3. The molecule has 0 spiro atoms. The van der Waals surface area contributed by atoms with Gasteiger partial charge >= 0.3 is 6.03 Å². The number of nitrogens with one attached hydrogen (secondary N) is 1. The number of carbonyl (C=O) groups excluding carboxylic acids is 3. The Labute approximate surface area is 175 Å². The Morgan fingerprint density at radius 2 is 1.83 bits per heavy atom. The second kappa shape index (κ2) is 8.28. The van der Waals surface area contributed by atoms with Crippen molar-refractivity contribution >= 4 is 23.4 Å². The number of imide groups is 1. The number of rotatable bonds is 5. The van der Waals surface area contributed by atoms with Crippen molar-refractivity contribution in [2.24, 2.45) is 0 Å². The van der Waals surface area contributed by atoms with Gasteiger partial charge in [0, 0.05) is 24.2 Å². The summed E-state index contributed by atoms with van der Waals surface area (Å²) in [6, 6.07) is 11.4. The summed E-state index contributed by atoms with van der Waals surface area (Å²) in [6.45, 7) is 6.11. The highest BCUT2D eigenvalue weighted by Gasteiger charge is 2.32. The van der Waals surface area contributed by atoms with Gasteiger partial charge in [0.25, 0.3) is 0 Å². The summed E-state index contributed by atoms with van der Waals surface area (Å²) in [5.74, 6) is -0.504. The van der Waals surface area contributed by atoms with Crippen molar-refractivity contribution in [2.75, 3.05) is 18.6 Å². The van der Waals surface area contributed by atoms with Gasteiger partial charge in [-0.1, -0.05) is 51.1 Å². The second-order valence-electron chi connectivity index (χ2n) is 8.26. The topological polar surface area (TPSA) is 95.9 Å². The maximum atomic E-state index is 13.3. The van der Waals surface area contributed by atoms with Gasteiger partial charge in [-0.25, -0.2) is 4.79 Å². The van der Waals surface area contributed by atoms with Crippen LogP contribution in [0.1, 0.15) is 54.8 Å². The van der Waals surface area contributed by atoms with Crippen LogP contribution in [-0.4, -0.2) is 36.5 Å². The zero-order valence-corrected chi connectivity index (χ0v) is 17.6. The van der Waals surface area contributed by atoms with E-state index in [1.54, 1.807) is 36.4 Å². The van der Waals surface area contributed by atoms with Gasteiger partial charge in [0.05, 0.1) is 12.7 Å². The highest BCUT2D eigenvalue weighted by Crippen LogP contribution is 2.39. The molecule has 30 heavy (non-hydrogen) atoms. The lowest BCUT2D eigenvalue weighted by Gasteiger charge is -2.30. The second-order valence-corrected chi connectivity index (χ2v) is 8.26. The molecule has 0 aromatic heterocycles. The van der Waals surface area contributed by atoms with Crippen molar-refractivity contribution in [3.05, 3.63) is 59.2 Å². The molecule has 3 amide bonds. The monoisotopic (exact) mass is 410 g/mol. The van der Waals surface area contributed by atoms with Gasteiger partial charge < -0.3 is 9.84 Å². The van der Waals surface area contributed by atoms with E-state index in [4.69, 9.17) is 4.74 Å². The predicted molar refractivity (Wildman–Crippen MR) is 113 cm³/mol. The molecule has 1 aliphatic rings. The Morgan fingerprint density at radius 3 is 2.40 bits per heavy atom. The molecule has 2 aromatic rings. The molecule has 0 bridgehead atoms. The maximum absolute atomic E-state index is 13.3. The first kappa shape index (κ1) is 21.5. The summed E-state index contributed by atoms with van der Waals surface area (Å²) in [4.78, 5) is 38.6. The van der Waals surface area contributed by atoms with Crippen molar-refractivity contribution in [1.82, 2.24) is 5.32 Å². The average molecular weight is 410 g/mol. The summed E-state index contributed by atoms with van der Waals surface area (Å²) in [7, 11) is 1.47. The minimum Gasteiger partial charge on any atom is -0.496 e. The Balaban J connectivity index is 2.14. The number of ketones is 1. The lowest BCUT2D eigenvalue weighted by Crippen LogP contribution is -2.49. The number of nitrogens with zero attached hydrogens (tertiary/aromatic N) is 1. The first-order valence-corrected chi connectivity index (χ1v) is 9.74. The number of aliphatic hydroxyl groups is 1. The molecule has 1 atom stereocenters. The number of aliphatic hydroxyl groups excluding tert-OH is 1. The van der Waals surface area contributed by atoms with Gasteiger partial charge in [0.2, 0.25) is 5.91 Å². The van der Waals surface area contributed by atoms with Crippen LogP contribution in [0.4, 0.5) is 10.5 Å². The van der Waals surface area contributed by atoms with Gasteiger partial charge in [0.1, 0.15) is 11.9 Å². The summed E-state index contributed by atoms with van der Waals surface area (Å²) in [6.07, 6.45) is -1.21. The fraction of sp³-hybridized carbons (Fsp3) is 0.348. The van der Waals surface area contributed by atoms with Gasteiger partial charge in [-0.3, -0.25) is 19.8 Å². The third kappa shape index (κ3) is 4.21. The molecule has 7 nitrogen and oxygen atoms in total. The number of benzene rings is 2. The molecule has 0 saturated carbocycles. The molecule has 1 saturated heterocycles. The highest BCUT2D eigenvalue weighted by atomic mass is 16.5. The van der Waals surface area contributed by atoms with Crippen molar-refractivity contribution in [2.45, 2.75) is 38.7 Å². The van der Waals surface area contributed by atoms with Crippen LogP contribution in [0.25, 0.3) is 0 Å². The van der Waals surface area contributed by atoms with Gasteiger partial charge in [0.15, 0.2) is 5.78 Å². The molecule has 2 N–H and O–H groups in total. The van der Waals surface area contributed by atoms with Crippen molar-refractivity contribution in [1.29, 1.82) is 0 Å². The molecular weight excluding hydrogens is 384 g/mol. The molecule has 1 heterocycles. The number of hydrogen-bond acceptors (Lipinski definition) is 5. The normalized spacial score (nSPS) is 15.6. The summed E-state index contributed by atoms with van der Waals surface area (Å²) < 4.78 is 5.59. The van der Waals surface area contributed by atoms with E-state index in [0.717, 1.165) is 5.56 Å². The number of Topliss-reactive ketones (excluding diaryl/α,β-unsaturated/α-hetero) is 1. The first-order valence-electron chi connectivity index (χ1n) is 9.74. The van der Waals surface area contributed by atoms with Crippen LogP contribution in [0.15, 0.2) is 42.5 Å². The van der Waals surface area contributed by atoms with E-state index in [0.29, 0.717) is 17.0 Å². The number of methoxy groups -OCH3 is 1. The van der Waals surface area contributed by atoms with E-state index in [9.17, 15) is 19.5 Å². The zero-order chi connectivity index (χ0) is 22.1. The molecule has 7 heteroatoms. The summed E-state index contributed by atoms with van der Waals surface area (Å²) in [5, 5.41) is 13.0. The van der Waals surface area contributed by atoms with Crippen molar-refractivity contribution in [3.8, 4) is 5.75 Å². The van der Waals surface area contributed by atoms with Crippen molar-refractivity contribution in [3.63, 3.8) is 0 Å². The Morgan fingerprint density at radius 1 is 1.17 bits per heavy atom. The smallest absolute Gasteiger partial charge is 0.328 e. The van der Waals surface area contributed by atoms with Gasteiger partial charge in [-0.15, -0.1) is 0 Å². The number of hydrogen-bond donors (Lipinski definition) is 2. The molecule has 0 aliphatic carbocycles. The zero-order valence-electron chi connectivity index (χ0n) is 17.6. The van der Waals surface area contributed by atoms with Gasteiger partial charge in [-0.2, -0.15) is 0 Å². The van der Waals surface area contributed by atoms with Crippen LogP contribution in [0.2, 0.25) is 0 Å². The van der Waals surface area contributed by atoms with Crippen LogP contribution < -0.4 is 15.0 Å². The van der Waals surface area contributed by atoms with Crippen molar-refractivity contribution < 1.29 is 24.2 Å².